The predicted octanol–water partition coefficient (Wildman–Crippen LogP) is 3.45. The maximum atomic E-state index is 6.55. The Morgan fingerprint density at radius 1 is 0.571 bits per heavy atom. The van der Waals surface area contributed by atoms with Gasteiger partial charge in [-0.2, -0.15) is 0 Å². The van der Waals surface area contributed by atoms with E-state index in [-0.39, 0.29) is 0 Å². The van der Waals surface area contributed by atoms with Gasteiger partial charge in [0, 0.05) is 0 Å². The monoisotopic (exact) mass is 474 g/mol. The highest BCUT2D eigenvalue weighted by molar-refractivity contribution is 7.23. The molecule has 3 aliphatic heterocycles. The van der Waals surface area contributed by atoms with Gasteiger partial charge in [-0.05, 0) is 77.2 Å². The van der Waals surface area contributed by atoms with Crippen molar-refractivity contribution in [3.05, 3.63) is 91.0 Å². The molecule has 0 atom stereocenters. The zero-order chi connectivity index (χ0) is 24.0. The van der Waals surface area contributed by atoms with Gasteiger partial charge < -0.3 is 14.0 Å². The molecule has 0 aromatic heterocycles. The molecule has 0 amide bonds. The van der Waals surface area contributed by atoms with Crippen molar-refractivity contribution >= 4 is 41.4 Å². The van der Waals surface area contributed by atoms with E-state index < -0.39 is 26.4 Å². The number of fused-ring (bicyclic) bond motifs is 9. The van der Waals surface area contributed by atoms with E-state index in [2.05, 4.69) is 119 Å². The zero-order valence-corrected chi connectivity index (χ0v) is 21.5. The van der Waals surface area contributed by atoms with Crippen LogP contribution < -0.4 is 30.9 Å². The third-order valence-electron chi connectivity index (χ3n) is 8.40. The summed E-state index contributed by atoms with van der Waals surface area (Å²) in [5.74, 6) is 1.89. The van der Waals surface area contributed by atoms with Crippen molar-refractivity contribution in [1.82, 2.24) is 0 Å². The maximum absolute atomic E-state index is 6.55. The maximum Gasteiger partial charge on any atom is 0.494 e. The van der Waals surface area contributed by atoms with Crippen molar-refractivity contribution in [2.24, 2.45) is 0 Å². The second-order valence-corrected chi connectivity index (χ2v) is 14.4. The summed E-state index contributed by atoms with van der Waals surface area (Å²) in [6, 6.07) is 33.0. The highest BCUT2D eigenvalue weighted by Gasteiger charge is 2.55. The fourth-order valence-corrected chi connectivity index (χ4v) is 11.4. The summed E-state index contributed by atoms with van der Waals surface area (Å²) in [5.41, 5.74) is 2.92. The quantitative estimate of drug-likeness (QED) is 0.342. The topological polar surface area (TPSA) is 27.7 Å². The van der Waals surface area contributed by atoms with Gasteiger partial charge in [0.15, 0.2) is 8.07 Å². The molecule has 5 heteroatoms. The molecule has 3 nitrogen and oxygen atoms in total. The minimum atomic E-state index is -2.59. The van der Waals surface area contributed by atoms with Gasteiger partial charge in [0.1, 0.15) is 11.5 Å². The third kappa shape index (κ3) is 2.69. The molecule has 3 aliphatic rings. The van der Waals surface area contributed by atoms with Gasteiger partial charge in [-0.15, -0.1) is 0 Å². The summed E-state index contributed by atoms with van der Waals surface area (Å²) in [6.07, 6.45) is 0. The second kappa shape index (κ2) is 6.97. The van der Waals surface area contributed by atoms with Crippen molar-refractivity contribution < 1.29 is 14.0 Å². The van der Waals surface area contributed by atoms with E-state index in [1.54, 1.807) is 0 Å². The number of hydrogen-bond donors (Lipinski definition) is 0. The van der Waals surface area contributed by atoms with Crippen LogP contribution in [0.5, 0.6) is 11.5 Å². The molecule has 0 bridgehead atoms. The Balaban J connectivity index is 1.53. The summed E-state index contributed by atoms with van der Waals surface area (Å²) in [4.78, 5) is 0. The molecule has 172 valence electrons. The zero-order valence-electron chi connectivity index (χ0n) is 20.5. The van der Waals surface area contributed by atoms with Gasteiger partial charge in [-0.25, -0.2) is 0 Å². The Hall–Kier alpha value is -3.12. The summed E-state index contributed by atoms with van der Waals surface area (Å²) in [5, 5.41) is 5.41. The first kappa shape index (κ1) is 21.2. The van der Waals surface area contributed by atoms with Crippen LogP contribution in [0.3, 0.4) is 0 Å². The van der Waals surface area contributed by atoms with Crippen molar-refractivity contribution in [3.8, 4) is 22.6 Å². The summed E-state index contributed by atoms with van der Waals surface area (Å²) in [6.45, 7) is 8.41. The number of hydrogen-bond acceptors (Lipinski definition) is 3. The molecule has 1 saturated heterocycles. The minimum absolute atomic E-state index is 0.391. The average molecular weight is 474 g/mol. The lowest BCUT2D eigenvalue weighted by Crippen LogP contribution is -2.74. The SMILES string of the molecule is CC1(C)OB(c2ccc3c(c2)[Si]2(c4ccccc4O3)c3ccccc3-c3ccccc32)OC1(C)C. The third-order valence-corrected chi connectivity index (χ3v) is 13.3. The van der Waals surface area contributed by atoms with Gasteiger partial charge in [0.25, 0.3) is 0 Å². The van der Waals surface area contributed by atoms with Crippen molar-refractivity contribution in [2.45, 2.75) is 38.9 Å². The molecule has 4 aromatic carbocycles. The highest BCUT2D eigenvalue weighted by atomic mass is 28.3. The Morgan fingerprint density at radius 3 is 1.71 bits per heavy atom. The Kier molecular flexibility index (Phi) is 4.22. The Bertz CT molecular complexity index is 1450. The normalized spacial score (nSPS) is 19.5. The number of para-hydroxylation sites is 1. The fourth-order valence-electron chi connectivity index (χ4n) is 6.00. The molecule has 0 unspecified atom stereocenters. The van der Waals surface area contributed by atoms with E-state index in [1.165, 1.54) is 31.9 Å². The van der Waals surface area contributed by atoms with Crippen molar-refractivity contribution in [3.63, 3.8) is 0 Å². The summed E-state index contributed by atoms with van der Waals surface area (Å²) in [7, 11) is -3.01. The molecule has 35 heavy (non-hydrogen) atoms. The van der Waals surface area contributed by atoms with Crippen LogP contribution in [-0.2, 0) is 9.31 Å². The molecule has 4 aromatic rings. The molecule has 1 fully saturated rings. The molecule has 1 spiro atoms. The second-order valence-electron chi connectivity index (χ2n) is 10.8. The largest absolute Gasteiger partial charge is 0.494 e. The molecule has 0 radical (unpaired) electrons. The first-order valence-electron chi connectivity index (χ1n) is 12.3. The minimum Gasteiger partial charge on any atom is -0.458 e. The molecule has 3 heterocycles. The van der Waals surface area contributed by atoms with Crippen LogP contribution in [0.4, 0.5) is 0 Å². The van der Waals surface area contributed by atoms with Crippen molar-refractivity contribution in [2.75, 3.05) is 0 Å². The molecule has 0 saturated carbocycles. The summed E-state index contributed by atoms with van der Waals surface area (Å²) >= 11 is 0. The molecular weight excluding hydrogens is 447 g/mol. The van der Waals surface area contributed by atoms with Crippen LogP contribution >= 0.6 is 0 Å². The molecular formula is C30H27BO3Si. The van der Waals surface area contributed by atoms with Crippen LogP contribution in [0, 0.1) is 0 Å². The predicted molar refractivity (Wildman–Crippen MR) is 145 cm³/mol. The van der Waals surface area contributed by atoms with Crippen LogP contribution in [0.25, 0.3) is 11.1 Å². The van der Waals surface area contributed by atoms with Crippen LogP contribution in [0.1, 0.15) is 27.7 Å². The number of rotatable bonds is 1. The van der Waals surface area contributed by atoms with E-state index in [4.69, 9.17) is 14.0 Å². The lowest BCUT2D eigenvalue weighted by atomic mass is 9.79. The van der Waals surface area contributed by atoms with E-state index >= 15 is 0 Å². The van der Waals surface area contributed by atoms with Gasteiger partial charge in [0.05, 0.1) is 11.2 Å². The van der Waals surface area contributed by atoms with E-state index in [1.807, 2.05) is 0 Å². The van der Waals surface area contributed by atoms with Gasteiger partial charge in [-0.1, -0.05) is 78.9 Å². The van der Waals surface area contributed by atoms with E-state index in [0.717, 1.165) is 17.0 Å². The molecule has 0 aliphatic carbocycles. The summed E-state index contributed by atoms with van der Waals surface area (Å²) < 4.78 is 19.5. The fraction of sp³-hybridized carbons (Fsp3) is 0.200. The lowest BCUT2D eigenvalue weighted by molar-refractivity contribution is 0.00578. The Labute approximate surface area is 207 Å². The van der Waals surface area contributed by atoms with Crippen LogP contribution in [0.15, 0.2) is 91.0 Å². The van der Waals surface area contributed by atoms with Gasteiger partial charge in [0.2, 0.25) is 0 Å². The number of benzene rings is 4. The lowest BCUT2D eigenvalue weighted by Gasteiger charge is -2.37. The van der Waals surface area contributed by atoms with E-state index in [9.17, 15) is 0 Å². The van der Waals surface area contributed by atoms with Crippen LogP contribution in [-0.4, -0.2) is 26.4 Å². The van der Waals surface area contributed by atoms with Gasteiger partial charge in [-0.3, -0.25) is 0 Å². The van der Waals surface area contributed by atoms with E-state index in [0.29, 0.717) is 0 Å². The van der Waals surface area contributed by atoms with Crippen molar-refractivity contribution in [1.29, 1.82) is 0 Å². The molecule has 0 N–H and O–H groups in total. The highest BCUT2D eigenvalue weighted by Crippen LogP contribution is 2.38. The Morgan fingerprint density at radius 2 is 1.09 bits per heavy atom. The van der Waals surface area contributed by atoms with Gasteiger partial charge >= 0.3 is 7.12 Å². The van der Waals surface area contributed by atoms with Crippen LogP contribution in [0.2, 0.25) is 0 Å². The standard InChI is InChI=1S/C30H27BO3Si/c1-29(2)30(3,4)34-31(33-29)20-17-18-24-28(19-20)35(27-16-10-7-13-23(27)32-24)25-14-8-5-11-21(25)22-12-6-9-15-26(22)35/h5-19H,1-4H3. The smallest absolute Gasteiger partial charge is 0.458 e. The first-order chi connectivity index (χ1) is 16.8. The average Bonchev–Trinajstić information content (AvgIpc) is 3.27. The first-order valence-corrected chi connectivity index (χ1v) is 14.3. The molecule has 7 rings (SSSR count). The number of ether oxygens (including phenoxy) is 1.